The van der Waals surface area contributed by atoms with Crippen molar-refractivity contribution in [3.05, 3.63) is 35.0 Å². The van der Waals surface area contributed by atoms with Gasteiger partial charge in [-0.05, 0) is 25.5 Å². The van der Waals surface area contributed by atoms with Gasteiger partial charge in [0.2, 0.25) is 0 Å². The summed E-state index contributed by atoms with van der Waals surface area (Å²) < 4.78 is 0. The molecule has 0 unspecified atom stereocenters. The van der Waals surface area contributed by atoms with E-state index in [0.29, 0.717) is 10.7 Å². The highest BCUT2D eigenvalue weighted by atomic mass is 35.5. The molecule has 2 heteroatoms. The smallest absolute Gasteiger partial charge is 0.0634 e. The molecule has 0 bridgehead atoms. The molecule has 0 aromatic heterocycles. The molecule has 0 spiro atoms. The number of rotatable bonds is 2. The average Bonchev–Trinajstić information content (AvgIpc) is 2.07. The predicted molar refractivity (Wildman–Crippen MR) is 58.0 cm³/mol. The van der Waals surface area contributed by atoms with Crippen LogP contribution in [0.2, 0.25) is 0 Å². The number of hydrogen-bond donors (Lipinski definition) is 1. The van der Waals surface area contributed by atoms with Gasteiger partial charge in [-0.2, -0.15) is 0 Å². The van der Waals surface area contributed by atoms with Crippen molar-refractivity contribution in [3.63, 3.8) is 0 Å². The molecule has 0 aromatic rings. The van der Waals surface area contributed by atoms with Gasteiger partial charge >= 0.3 is 0 Å². The standard InChI is InChI=1S/C8H12ClN.C2H6/c1-4-5-7(9)8(10)6(2)3;1-2/h4-5H,2,10H2,1,3H3;1-2H3/b5-4-,8-7-;. The monoisotopic (exact) mass is 187 g/mol. The molecule has 0 heterocycles. The second kappa shape index (κ2) is 8.41. The molecule has 0 aliphatic heterocycles. The van der Waals surface area contributed by atoms with Crippen LogP contribution in [-0.2, 0) is 0 Å². The van der Waals surface area contributed by atoms with Crippen LogP contribution in [0.3, 0.4) is 0 Å². The molecule has 1 nitrogen and oxygen atoms in total. The summed E-state index contributed by atoms with van der Waals surface area (Å²) in [5, 5.41) is 0.551. The largest absolute Gasteiger partial charge is 0.397 e. The van der Waals surface area contributed by atoms with E-state index in [1.54, 1.807) is 6.08 Å². The van der Waals surface area contributed by atoms with E-state index in [2.05, 4.69) is 6.58 Å². The summed E-state index contributed by atoms with van der Waals surface area (Å²) >= 11 is 5.73. The molecule has 12 heavy (non-hydrogen) atoms. The second-order valence-electron chi connectivity index (χ2n) is 2.04. The predicted octanol–water partition coefficient (Wildman–Crippen LogP) is 3.57. The molecule has 0 fully saturated rings. The van der Waals surface area contributed by atoms with Crippen LogP contribution in [0.1, 0.15) is 27.7 Å². The first kappa shape index (κ1) is 13.9. The zero-order valence-electron chi connectivity index (χ0n) is 8.32. The Kier molecular flexibility index (Phi) is 9.72. The van der Waals surface area contributed by atoms with Gasteiger partial charge in [-0.15, -0.1) is 0 Å². The molecule has 0 aliphatic carbocycles. The van der Waals surface area contributed by atoms with Gasteiger partial charge < -0.3 is 5.73 Å². The van der Waals surface area contributed by atoms with Crippen molar-refractivity contribution in [2.45, 2.75) is 27.7 Å². The molecular formula is C10H18ClN. The van der Waals surface area contributed by atoms with Gasteiger partial charge in [0.25, 0.3) is 0 Å². The maximum Gasteiger partial charge on any atom is 0.0634 e. The van der Waals surface area contributed by atoms with Crippen molar-refractivity contribution >= 4 is 11.6 Å². The minimum Gasteiger partial charge on any atom is -0.397 e. The van der Waals surface area contributed by atoms with E-state index in [-0.39, 0.29) is 0 Å². The van der Waals surface area contributed by atoms with Gasteiger partial charge in [-0.3, -0.25) is 0 Å². The zero-order valence-corrected chi connectivity index (χ0v) is 9.07. The van der Waals surface area contributed by atoms with Gasteiger partial charge in [0.15, 0.2) is 0 Å². The maximum absolute atomic E-state index is 5.73. The molecule has 0 aromatic carbocycles. The van der Waals surface area contributed by atoms with E-state index < -0.39 is 0 Å². The summed E-state index contributed by atoms with van der Waals surface area (Å²) in [7, 11) is 0. The third-order valence-electron chi connectivity index (χ3n) is 1.03. The van der Waals surface area contributed by atoms with E-state index in [4.69, 9.17) is 17.3 Å². The van der Waals surface area contributed by atoms with Crippen molar-refractivity contribution in [2.75, 3.05) is 0 Å². The van der Waals surface area contributed by atoms with E-state index in [9.17, 15) is 0 Å². The molecule has 0 atom stereocenters. The number of allylic oxidation sites excluding steroid dienone is 4. The Morgan fingerprint density at radius 2 is 1.83 bits per heavy atom. The fourth-order valence-corrected chi connectivity index (χ4v) is 0.727. The topological polar surface area (TPSA) is 26.0 Å². The molecule has 0 aliphatic rings. The lowest BCUT2D eigenvalue weighted by molar-refractivity contribution is 1.29. The second-order valence-corrected chi connectivity index (χ2v) is 2.45. The van der Waals surface area contributed by atoms with Crippen LogP contribution in [0.4, 0.5) is 0 Å². The van der Waals surface area contributed by atoms with Crippen molar-refractivity contribution in [3.8, 4) is 0 Å². The minimum atomic E-state index is 0.551. The maximum atomic E-state index is 5.73. The summed E-state index contributed by atoms with van der Waals surface area (Å²) in [5.74, 6) is 0. The normalized spacial score (nSPS) is 11.8. The van der Waals surface area contributed by atoms with E-state index in [1.807, 2.05) is 33.8 Å². The van der Waals surface area contributed by atoms with Gasteiger partial charge in [-0.1, -0.05) is 38.1 Å². The first-order valence-corrected chi connectivity index (χ1v) is 4.41. The van der Waals surface area contributed by atoms with Crippen LogP contribution in [0, 0.1) is 0 Å². The summed E-state index contributed by atoms with van der Waals surface area (Å²) in [6.45, 7) is 11.4. The van der Waals surface area contributed by atoms with Crippen LogP contribution in [-0.4, -0.2) is 0 Å². The van der Waals surface area contributed by atoms with Gasteiger partial charge in [0.1, 0.15) is 0 Å². The Morgan fingerprint density at radius 1 is 1.42 bits per heavy atom. The van der Waals surface area contributed by atoms with E-state index >= 15 is 0 Å². The number of nitrogens with two attached hydrogens (primary N) is 1. The number of hydrogen-bond acceptors (Lipinski definition) is 1. The Bertz CT molecular complexity index is 190. The Hall–Kier alpha value is -0.690. The number of halogens is 1. The van der Waals surface area contributed by atoms with Crippen LogP contribution >= 0.6 is 11.6 Å². The summed E-state index contributed by atoms with van der Waals surface area (Å²) in [6.07, 6.45) is 3.57. The molecule has 2 N–H and O–H groups in total. The Labute approximate surface area is 80.6 Å². The molecule has 0 amide bonds. The average molecular weight is 188 g/mol. The zero-order chi connectivity index (χ0) is 10.1. The lowest BCUT2D eigenvalue weighted by Gasteiger charge is -1.99. The van der Waals surface area contributed by atoms with Gasteiger partial charge in [-0.25, -0.2) is 0 Å². The van der Waals surface area contributed by atoms with Crippen molar-refractivity contribution < 1.29 is 0 Å². The quantitative estimate of drug-likeness (QED) is 0.658. The highest BCUT2D eigenvalue weighted by Crippen LogP contribution is 2.11. The summed E-state index contributed by atoms with van der Waals surface area (Å²) in [6, 6.07) is 0. The highest BCUT2D eigenvalue weighted by molar-refractivity contribution is 6.31. The summed E-state index contributed by atoms with van der Waals surface area (Å²) in [5.41, 5.74) is 6.89. The molecule has 70 valence electrons. The molecule has 0 radical (unpaired) electrons. The SMILES string of the molecule is C=C(C)/C(N)=C(Cl)\C=C/C.CC. The molecule has 0 rings (SSSR count). The van der Waals surface area contributed by atoms with Crippen LogP contribution in [0.5, 0.6) is 0 Å². The van der Waals surface area contributed by atoms with E-state index in [0.717, 1.165) is 5.57 Å². The highest BCUT2D eigenvalue weighted by Gasteiger charge is 1.94. The van der Waals surface area contributed by atoms with Crippen molar-refractivity contribution in [1.29, 1.82) is 0 Å². The Balaban J connectivity index is 0. The van der Waals surface area contributed by atoms with Crippen LogP contribution in [0.25, 0.3) is 0 Å². The fourth-order valence-electron chi connectivity index (χ4n) is 0.440. The van der Waals surface area contributed by atoms with E-state index in [1.165, 1.54) is 0 Å². The molecular weight excluding hydrogens is 170 g/mol. The minimum absolute atomic E-state index is 0.551. The third-order valence-corrected chi connectivity index (χ3v) is 1.36. The first-order chi connectivity index (χ1) is 5.59. The van der Waals surface area contributed by atoms with Crippen LogP contribution < -0.4 is 5.73 Å². The molecule has 0 saturated heterocycles. The van der Waals surface area contributed by atoms with Gasteiger partial charge in [0, 0.05) is 0 Å². The Morgan fingerprint density at radius 3 is 2.08 bits per heavy atom. The van der Waals surface area contributed by atoms with Crippen molar-refractivity contribution in [1.82, 2.24) is 0 Å². The first-order valence-electron chi connectivity index (χ1n) is 4.03. The molecule has 0 saturated carbocycles. The van der Waals surface area contributed by atoms with Crippen LogP contribution in [0.15, 0.2) is 35.0 Å². The fraction of sp³-hybridized carbons (Fsp3) is 0.400. The van der Waals surface area contributed by atoms with Gasteiger partial charge in [0.05, 0.1) is 10.7 Å². The van der Waals surface area contributed by atoms with Crippen molar-refractivity contribution in [2.24, 2.45) is 5.73 Å². The third kappa shape index (κ3) is 6.05. The lowest BCUT2D eigenvalue weighted by atomic mass is 10.2. The summed E-state index contributed by atoms with van der Waals surface area (Å²) in [4.78, 5) is 0. The lowest BCUT2D eigenvalue weighted by Crippen LogP contribution is -1.98.